The second kappa shape index (κ2) is 38.0. The molecule has 0 aromatic carbocycles. The molecule has 0 aliphatic heterocycles. The predicted octanol–water partition coefficient (Wildman–Crippen LogP) is 11.4. The van der Waals surface area contributed by atoms with Crippen molar-refractivity contribution in [3.05, 3.63) is 36.5 Å². The van der Waals surface area contributed by atoms with E-state index in [0.717, 1.165) is 38.5 Å². The van der Waals surface area contributed by atoms with Gasteiger partial charge in [-0.3, -0.25) is 18.6 Å². The lowest BCUT2D eigenvalue weighted by molar-refractivity contribution is -0.161. The predicted molar refractivity (Wildman–Crippen MR) is 210 cm³/mol. The molecule has 0 aliphatic rings. The number of nitrogens with two attached hydrogens (primary N) is 1. The molecular formula is C41H76NO8P. The van der Waals surface area contributed by atoms with E-state index in [1.54, 1.807) is 0 Å². The van der Waals surface area contributed by atoms with Crippen molar-refractivity contribution in [2.45, 2.75) is 187 Å². The Kier molecular flexibility index (Phi) is 36.7. The fourth-order valence-electron chi connectivity index (χ4n) is 5.49. The molecule has 298 valence electrons. The highest BCUT2D eigenvalue weighted by molar-refractivity contribution is 7.47. The highest BCUT2D eigenvalue weighted by Crippen LogP contribution is 2.43. The maximum Gasteiger partial charge on any atom is 0.472 e. The van der Waals surface area contributed by atoms with Gasteiger partial charge < -0.3 is 20.1 Å². The van der Waals surface area contributed by atoms with Crippen molar-refractivity contribution >= 4 is 19.8 Å². The maximum absolute atomic E-state index is 12.5. The van der Waals surface area contributed by atoms with E-state index in [-0.39, 0.29) is 32.6 Å². The van der Waals surface area contributed by atoms with E-state index in [2.05, 4.69) is 38.2 Å². The molecule has 0 heterocycles. The average Bonchev–Trinajstić information content (AvgIpc) is 3.11. The van der Waals surface area contributed by atoms with Crippen LogP contribution in [0.5, 0.6) is 0 Å². The summed E-state index contributed by atoms with van der Waals surface area (Å²) in [5, 5.41) is 0. The van der Waals surface area contributed by atoms with Crippen LogP contribution in [0.1, 0.15) is 181 Å². The molecule has 0 fully saturated rings. The molecule has 3 N–H and O–H groups in total. The molecule has 0 aromatic rings. The van der Waals surface area contributed by atoms with Gasteiger partial charge in [-0.05, 0) is 38.5 Å². The quantitative estimate of drug-likeness (QED) is 0.0274. The topological polar surface area (TPSA) is 134 Å². The van der Waals surface area contributed by atoms with Crippen LogP contribution >= 0.6 is 7.82 Å². The second-order valence-corrected chi connectivity index (χ2v) is 15.0. The summed E-state index contributed by atoms with van der Waals surface area (Å²) in [6.07, 6.45) is 40.5. The summed E-state index contributed by atoms with van der Waals surface area (Å²) < 4.78 is 32.6. The first-order chi connectivity index (χ1) is 24.8. The largest absolute Gasteiger partial charge is 0.472 e. The number of rotatable bonds is 38. The smallest absolute Gasteiger partial charge is 0.462 e. The molecule has 2 atom stereocenters. The zero-order chi connectivity index (χ0) is 37.5. The summed E-state index contributed by atoms with van der Waals surface area (Å²) in [5.74, 6) is -0.914. The zero-order valence-electron chi connectivity index (χ0n) is 32.6. The number of hydrogen-bond donors (Lipinski definition) is 2. The number of ether oxygens (including phenoxy) is 2. The lowest BCUT2D eigenvalue weighted by atomic mass is 10.0. The zero-order valence-corrected chi connectivity index (χ0v) is 33.5. The normalized spacial score (nSPS) is 13.7. The van der Waals surface area contributed by atoms with Gasteiger partial charge in [-0.1, -0.05) is 166 Å². The van der Waals surface area contributed by atoms with Crippen molar-refractivity contribution in [2.75, 3.05) is 26.4 Å². The Labute approximate surface area is 312 Å². The standard InChI is InChI=1S/C41H76NO8P/c1-3-5-7-9-11-13-15-17-18-19-20-22-24-26-28-30-32-34-41(44)50-39(38-49-51(45,46)48-36-35-42)37-47-40(43)33-31-29-27-25-23-21-16-14-12-10-8-6-4-2/h18-19,22,24,28,30,39H,3-17,20-21,23,25-27,29,31-38,42H2,1-2H3,(H,45,46)/b19-18-,24-22-,30-28-. The first kappa shape index (κ1) is 49.2. The van der Waals surface area contributed by atoms with Crippen LogP contribution in [0.2, 0.25) is 0 Å². The van der Waals surface area contributed by atoms with E-state index in [9.17, 15) is 19.0 Å². The van der Waals surface area contributed by atoms with Gasteiger partial charge in [0.05, 0.1) is 13.2 Å². The van der Waals surface area contributed by atoms with Gasteiger partial charge in [0.2, 0.25) is 0 Å². The third kappa shape index (κ3) is 37.8. The molecule has 51 heavy (non-hydrogen) atoms. The van der Waals surface area contributed by atoms with E-state index in [4.69, 9.17) is 24.3 Å². The highest BCUT2D eigenvalue weighted by Gasteiger charge is 2.25. The van der Waals surface area contributed by atoms with Crippen molar-refractivity contribution in [1.29, 1.82) is 0 Å². The van der Waals surface area contributed by atoms with Crippen LogP contribution in [-0.4, -0.2) is 49.3 Å². The van der Waals surface area contributed by atoms with Gasteiger partial charge in [0.25, 0.3) is 0 Å². The molecule has 0 bridgehead atoms. The number of unbranched alkanes of at least 4 members (excludes halogenated alkanes) is 19. The number of allylic oxidation sites excluding steroid dienone is 6. The SMILES string of the molecule is CCCCCCCCC/C=C\C/C=C\C/C=C\CCC(=O)OC(COC(=O)CCCCCCCCCCCCCCC)COP(=O)(O)OCCN. The molecule has 0 aliphatic carbocycles. The molecule has 0 spiro atoms. The number of phosphoric ester groups is 1. The van der Waals surface area contributed by atoms with E-state index in [0.29, 0.717) is 6.42 Å². The highest BCUT2D eigenvalue weighted by atomic mass is 31.2. The summed E-state index contributed by atoms with van der Waals surface area (Å²) in [4.78, 5) is 34.7. The van der Waals surface area contributed by atoms with Crippen LogP contribution in [0.3, 0.4) is 0 Å². The minimum atomic E-state index is -4.39. The first-order valence-corrected chi connectivity index (χ1v) is 22.0. The van der Waals surface area contributed by atoms with Crippen LogP contribution in [0.15, 0.2) is 36.5 Å². The average molecular weight is 742 g/mol. The summed E-state index contributed by atoms with van der Waals surface area (Å²) in [6, 6.07) is 0. The summed E-state index contributed by atoms with van der Waals surface area (Å²) >= 11 is 0. The van der Waals surface area contributed by atoms with Crippen LogP contribution in [0.25, 0.3) is 0 Å². The Morgan fingerprint density at radius 2 is 1.06 bits per heavy atom. The molecular weight excluding hydrogens is 665 g/mol. The van der Waals surface area contributed by atoms with Crippen LogP contribution in [-0.2, 0) is 32.7 Å². The van der Waals surface area contributed by atoms with Crippen molar-refractivity contribution in [1.82, 2.24) is 0 Å². The number of carbonyl (C=O) groups is 2. The molecule has 0 saturated carbocycles. The van der Waals surface area contributed by atoms with Gasteiger partial charge in [0, 0.05) is 19.4 Å². The van der Waals surface area contributed by atoms with E-state index in [1.165, 1.54) is 109 Å². The van der Waals surface area contributed by atoms with Gasteiger partial charge in [0.1, 0.15) is 6.61 Å². The fourth-order valence-corrected chi connectivity index (χ4v) is 6.25. The van der Waals surface area contributed by atoms with Gasteiger partial charge >= 0.3 is 19.8 Å². The van der Waals surface area contributed by atoms with Crippen molar-refractivity contribution < 1.29 is 37.6 Å². The van der Waals surface area contributed by atoms with Gasteiger partial charge in [-0.2, -0.15) is 0 Å². The molecule has 0 radical (unpaired) electrons. The molecule has 10 heteroatoms. The Morgan fingerprint density at radius 3 is 1.59 bits per heavy atom. The molecule has 0 aromatic heterocycles. The Hall–Kier alpha value is -1.77. The van der Waals surface area contributed by atoms with Crippen molar-refractivity contribution in [3.8, 4) is 0 Å². The third-order valence-corrected chi connectivity index (χ3v) is 9.53. The minimum absolute atomic E-state index is 0.0445. The monoisotopic (exact) mass is 742 g/mol. The van der Waals surface area contributed by atoms with Gasteiger partial charge in [0.15, 0.2) is 6.10 Å². The Morgan fingerprint density at radius 1 is 0.588 bits per heavy atom. The van der Waals surface area contributed by atoms with Gasteiger partial charge in [-0.25, -0.2) is 4.57 Å². The van der Waals surface area contributed by atoms with Crippen LogP contribution in [0.4, 0.5) is 0 Å². The van der Waals surface area contributed by atoms with E-state index in [1.807, 2.05) is 12.2 Å². The summed E-state index contributed by atoms with van der Waals surface area (Å²) in [5.41, 5.74) is 5.33. The molecule has 2 unspecified atom stereocenters. The third-order valence-electron chi connectivity index (χ3n) is 8.54. The fraction of sp³-hybridized carbons (Fsp3) is 0.805. The number of hydrogen-bond acceptors (Lipinski definition) is 8. The summed E-state index contributed by atoms with van der Waals surface area (Å²) in [7, 11) is -4.39. The van der Waals surface area contributed by atoms with E-state index < -0.39 is 32.5 Å². The minimum Gasteiger partial charge on any atom is -0.462 e. The molecule has 0 rings (SSSR count). The lowest BCUT2D eigenvalue weighted by Crippen LogP contribution is -2.29. The molecule has 9 nitrogen and oxygen atoms in total. The van der Waals surface area contributed by atoms with Crippen molar-refractivity contribution in [2.24, 2.45) is 5.73 Å². The van der Waals surface area contributed by atoms with Gasteiger partial charge in [-0.15, -0.1) is 0 Å². The van der Waals surface area contributed by atoms with E-state index >= 15 is 0 Å². The first-order valence-electron chi connectivity index (χ1n) is 20.5. The second-order valence-electron chi connectivity index (χ2n) is 13.5. The Balaban J connectivity index is 4.29. The molecule has 0 amide bonds. The van der Waals surface area contributed by atoms with Crippen LogP contribution < -0.4 is 5.73 Å². The lowest BCUT2D eigenvalue weighted by Gasteiger charge is -2.19. The number of phosphoric acid groups is 1. The molecule has 0 saturated heterocycles. The maximum atomic E-state index is 12.5. The number of carbonyl (C=O) groups excluding carboxylic acids is 2. The van der Waals surface area contributed by atoms with Crippen molar-refractivity contribution in [3.63, 3.8) is 0 Å². The Bertz CT molecular complexity index is 939. The number of esters is 2. The summed E-state index contributed by atoms with van der Waals surface area (Å²) in [6.45, 7) is 3.65. The van der Waals surface area contributed by atoms with Crippen LogP contribution in [0, 0.1) is 0 Å².